The largest absolute Gasteiger partial charge is 0.462 e. The Kier molecular flexibility index (Phi) is 6.98. The van der Waals surface area contributed by atoms with Crippen LogP contribution < -0.4 is 4.90 Å². The Morgan fingerprint density at radius 1 is 0.963 bits per heavy atom. The van der Waals surface area contributed by atoms with Gasteiger partial charge in [-0.1, -0.05) is 11.6 Å². The summed E-state index contributed by atoms with van der Waals surface area (Å²) < 4.78 is 10.2. The van der Waals surface area contributed by atoms with Crippen molar-refractivity contribution < 1.29 is 23.9 Å². The van der Waals surface area contributed by atoms with E-state index in [1.54, 1.807) is 57.1 Å². The standard InChI is InChI=1S/C19H20ClNO5S/c1-5-25-18(23)14-13(15(22)11-7-9-12(20)10-8-11)17(21(3)4)27-16(14)19(24)26-6-2/h7-10H,5-6H2,1-4H3. The fourth-order valence-corrected chi connectivity index (χ4v) is 3.66. The molecule has 0 spiro atoms. The number of rotatable bonds is 7. The van der Waals surface area contributed by atoms with E-state index in [2.05, 4.69) is 0 Å². The minimum absolute atomic E-state index is 0.0521. The summed E-state index contributed by atoms with van der Waals surface area (Å²) in [5.41, 5.74) is 0.402. The van der Waals surface area contributed by atoms with E-state index in [0.29, 0.717) is 15.6 Å². The van der Waals surface area contributed by atoms with Crippen LogP contribution in [0.4, 0.5) is 5.00 Å². The number of esters is 2. The summed E-state index contributed by atoms with van der Waals surface area (Å²) >= 11 is 6.92. The normalized spacial score (nSPS) is 10.4. The maximum atomic E-state index is 13.2. The minimum atomic E-state index is -0.734. The molecule has 0 saturated carbocycles. The van der Waals surface area contributed by atoms with E-state index in [-0.39, 0.29) is 29.2 Å². The number of thiophene rings is 1. The molecule has 1 aromatic heterocycles. The molecular formula is C19H20ClNO5S. The zero-order valence-corrected chi connectivity index (χ0v) is 17.1. The van der Waals surface area contributed by atoms with Gasteiger partial charge in [-0.15, -0.1) is 11.3 Å². The Morgan fingerprint density at radius 3 is 2.04 bits per heavy atom. The second kappa shape index (κ2) is 9.01. The molecule has 0 aliphatic carbocycles. The molecule has 1 aromatic carbocycles. The number of ketones is 1. The van der Waals surface area contributed by atoms with E-state index in [4.69, 9.17) is 21.1 Å². The highest BCUT2D eigenvalue weighted by atomic mass is 35.5. The monoisotopic (exact) mass is 409 g/mol. The van der Waals surface area contributed by atoms with Gasteiger partial charge in [0.15, 0.2) is 5.78 Å². The third-order valence-electron chi connectivity index (χ3n) is 3.57. The van der Waals surface area contributed by atoms with Crippen molar-refractivity contribution in [3.63, 3.8) is 0 Å². The zero-order valence-electron chi connectivity index (χ0n) is 15.5. The van der Waals surface area contributed by atoms with Crippen molar-refractivity contribution in [3.8, 4) is 0 Å². The van der Waals surface area contributed by atoms with Gasteiger partial charge in [0.05, 0.1) is 24.3 Å². The van der Waals surface area contributed by atoms with Gasteiger partial charge in [-0.3, -0.25) is 4.79 Å². The van der Waals surface area contributed by atoms with Crippen LogP contribution in [-0.2, 0) is 9.47 Å². The van der Waals surface area contributed by atoms with Crippen LogP contribution in [0.2, 0.25) is 5.02 Å². The fraction of sp³-hybridized carbons (Fsp3) is 0.316. The van der Waals surface area contributed by atoms with E-state index in [1.165, 1.54) is 0 Å². The average molecular weight is 410 g/mol. The van der Waals surface area contributed by atoms with Crippen LogP contribution in [0.15, 0.2) is 24.3 Å². The summed E-state index contributed by atoms with van der Waals surface area (Å²) in [7, 11) is 3.46. The summed E-state index contributed by atoms with van der Waals surface area (Å²) in [6.45, 7) is 3.59. The molecule has 0 atom stereocenters. The van der Waals surface area contributed by atoms with Gasteiger partial charge in [-0.2, -0.15) is 0 Å². The number of hydrogen-bond donors (Lipinski definition) is 0. The number of nitrogens with zero attached hydrogens (tertiary/aromatic N) is 1. The first-order chi connectivity index (χ1) is 12.8. The lowest BCUT2D eigenvalue weighted by Gasteiger charge is -2.13. The topological polar surface area (TPSA) is 72.9 Å². The number of carbonyl (C=O) groups is 3. The molecule has 0 N–H and O–H groups in total. The molecule has 144 valence electrons. The molecule has 0 bridgehead atoms. The van der Waals surface area contributed by atoms with E-state index in [9.17, 15) is 14.4 Å². The molecule has 0 aliphatic heterocycles. The van der Waals surface area contributed by atoms with Crippen molar-refractivity contribution in [2.45, 2.75) is 13.8 Å². The second-order valence-corrected chi connectivity index (χ2v) is 7.09. The van der Waals surface area contributed by atoms with Gasteiger partial charge in [0.2, 0.25) is 0 Å². The number of hydrogen-bond acceptors (Lipinski definition) is 7. The summed E-state index contributed by atoms with van der Waals surface area (Å²) in [5, 5.41) is 0.962. The van der Waals surface area contributed by atoms with Crippen molar-refractivity contribution in [3.05, 3.63) is 50.9 Å². The zero-order chi connectivity index (χ0) is 20.1. The fourth-order valence-electron chi connectivity index (χ4n) is 2.43. The highest BCUT2D eigenvalue weighted by molar-refractivity contribution is 7.18. The predicted octanol–water partition coefficient (Wildman–Crippen LogP) is 4.05. The molecule has 0 aliphatic rings. The molecular weight excluding hydrogens is 390 g/mol. The van der Waals surface area contributed by atoms with Gasteiger partial charge in [-0.25, -0.2) is 9.59 Å². The van der Waals surface area contributed by atoms with Gasteiger partial charge in [0.1, 0.15) is 9.88 Å². The Morgan fingerprint density at radius 2 is 1.52 bits per heavy atom. The summed E-state index contributed by atoms with van der Waals surface area (Å²) in [6, 6.07) is 6.32. The number of anilines is 1. The first-order valence-corrected chi connectivity index (χ1v) is 9.49. The Hall–Kier alpha value is -2.38. The smallest absolute Gasteiger partial charge is 0.349 e. The average Bonchev–Trinajstić information content (AvgIpc) is 3.03. The van der Waals surface area contributed by atoms with E-state index >= 15 is 0 Å². The lowest BCUT2D eigenvalue weighted by molar-refractivity contribution is 0.0482. The number of carbonyl (C=O) groups excluding carboxylic acids is 3. The van der Waals surface area contributed by atoms with E-state index < -0.39 is 17.7 Å². The molecule has 0 radical (unpaired) electrons. The molecule has 27 heavy (non-hydrogen) atoms. The first kappa shape index (κ1) is 20.9. The highest BCUT2D eigenvalue weighted by Gasteiger charge is 2.34. The summed E-state index contributed by atoms with van der Waals surface area (Å²) in [5.74, 6) is -1.80. The molecule has 8 heteroatoms. The Labute approximate surface area is 166 Å². The van der Waals surface area contributed by atoms with Crippen LogP contribution in [0.3, 0.4) is 0 Å². The maximum absolute atomic E-state index is 13.2. The van der Waals surface area contributed by atoms with E-state index in [1.807, 2.05) is 0 Å². The van der Waals surface area contributed by atoms with E-state index in [0.717, 1.165) is 11.3 Å². The van der Waals surface area contributed by atoms with Crippen molar-refractivity contribution >= 4 is 45.7 Å². The molecule has 6 nitrogen and oxygen atoms in total. The van der Waals surface area contributed by atoms with Crippen LogP contribution in [0.25, 0.3) is 0 Å². The molecule has 0 fully saturated rings. The molecule has 0 amide bonds. The Balaban J connectivity index is 2.71. The van der Waals surface area contributed by atoms with Crippen LogP contribution in [-0.4, -0.2) is 45.0 Å². The van der Waals surface area contributed by atoms with Crippen LogP contribution in [0.1, 0.15) is 49.8 Å². The number of halogens is 1. The van der Waals surface area contributed by atoms with Gasteiger partial charge in [0, 0.05) is 24.7 Å². The molecule has 1 heterocycles. The van der Waals surface area contributed by atoms with Gasteiger partial charge in [0.25, 0.3) is 0 Å². The van der Waals surface area contributed by atoms with Crippen LogP contribution >= 0.6 is 22.9 Å². The minimum Gasteiger partial charge on any atom is -0.462 e. The number of ether oxygens (including phenoxy) is 2. The van der Waals surface area contributed by atoms with Gasteiger partial charge < -0.3 is 14.4 Å². The second-order valence-electron chi connectivity index (χ2n) is 5.66. The first-order valence-electron chi connectivity index (χ1n) is 8.30. The van der Waals surface area contributed by atoms with Crippen molar-refractivity contribution in [2.24, 2.45) is 0 Å². The predicted molar refractivity (Wildman–Crippen MR) is 105 cm³/mol. The van der Waals surface area contributed by atoms with Crippen LogP contribution in [0.5, 0.6) is 0 Å². The van der Waals surface area contributed by atoms with Gasteiger partial charge >= 0.3 is 11.9 Å². The maximum Gasteiger partial charge on any atom is 0.349 e. The third kappa shape index (κ3) is 4.48. The molecule has 2 aromatic rings. The lowest BCUT2D eigenvalue weighted by Crippen LogP contribution is -2.18. The van der Waals surface area contributed by atoms with Crippen molar-refractivity contribution in [2.75, 3.05) is 32.2 Å². The SMILES string of the molecule is CCOC(=O)c1sc(N(C)C)c(C(=O)c2ccc(Cl)cc2)c1C(=O)OCC. The molecule has 0 unspecified atom stereocenters. The third-order valence-corrected chi connectivity index (χ3v) is 5.16. The summed E-state index contributed by atoms with van der Waals surface area (Å²) in [6.07, 6.45) is 0. The van der Waals surface area contributed by atoms with Crippen LogP contribution in [0, 0.1) is 0 Å². The quantitative estimate of drug-likeness (QED) is 0.507. The number of benzene rings is 1. The summed E-state index contributed by atoms with van der Waals surface area (Å²) in [4.78, 5) is 39.9. The van der Waals surface area contributed by atoms with Gasteiger partial charge in [-0.05, 0) is 38.1 Å². The lowest BCUT2D eigenvalue weighted by atomic mass is 9.99. The molecule has 2 rings (SSSR count). The van der Waals surface area contributed by atoms with Crippen molar-refractivity contribution in [1.82, 2.24) is 0 Å². The highest BCUT2D eigenvalue weighted by Crippen LogP contribution is 2.38. The van der Waals surface area contributed by atoms with Crippen molar-refractivity contribution in [1.29, 1.82) is 0 Å². The molecule has 0 saturated heterocycles. The Bertz CT molecular complexity index is 858.